The van der Waals surface area contributed by atoms with E-state index in [2.05, 4.69) is 5.32 Å². The molecule has 2 aromatic carbocycles. The molecule has 0 atom stereocenters. The van der Waals surface area contributed by atoms with E-state index < -0.39 is 0 Å². The normalized spacial score (nSPS) is 10.3. The molecule has 1 amide bonds. The summed E-state index contributed by atoms with van der Waals surface area (Å²) in [5.74, 6) is -0.509. The topological polar surface area (TPSA) is 58.6 Å². The SMILES string of the molecule is COc1c(Cl)cc(NC(=O)c2ccc(C)cc2)c(O)c1Cl. The molecular weight excluding hydrogens is 313 g/mol. The highest BCUT2D eigenvalue weighted by Crippen LogP contribution is 2.44. The van der Waals surface area contributed by atoms with Crippen LogP contribution >= 0.6 is 23.2 Å². The Morgan fingerprint density at radius 2 is 1.86 bits per heavy atom. The number of carbonyl (C=O) groups is 1. The number of benzene rings is 2. The Morgan fingerprint density at radius 1 is 1.24 bits per heavy atom. The van der Waals surface area contributed by atoms with Crippen LogP contribution in [0.4, 0.5) is 5.69 Å². The van der Waals surface area contributed by atoms with Gasteiger partial charge in [0.2, 0.25) is 0 Å². The largest absolute Gasteiger partial charge is 0.504 e. The summed E-state index contributed by atoms with van der Waals surface area (Å²) in [5, 5.41) is 12.7. The highest BCUT2D eigenvalue weighted by molar-refractivity contribution is 6.39. The molecule has 2 aromatic rings. The summed E-state index contributed by atoms with van der Waals surface area (Å²) in [6.45, 7) is 1.93. The van der Waals surface area contributed by atoms with Gasteiger partial charge in [0.25, 0.3) is 5.91 Å². The first-order valence-electron chi connectivity index (χ1n) is 6.07. The second-order valence-electron chi connectivity index (χ2n) is 4.42. The van der Waals surface area contributed by atoms with Crippen molar-refractivity contribution in [3.8, 4) is 11.5 Å². The fourth-order valence-electron chi connectivity index (χ4n) is 1.77. The number of phenols is 1. The van der Waals surface area contributed by atoms with Crippen LogP contribution in [0.3, 0.4) is 0 Å². The number of halogens is 2. The van der Waals surface area contributed by atoms with E-state index in [4.69, 9.17) is 27.9 Å². The lowest BCUT2D eigenvalue weighted by molar-refractivity contribution is 0.102. The first kappa shape index (κ1) is 15.5. The fraction of sp³-hybridized carbons (Fsp3) is 0.133. The van der Waals surface area contributed by atoms with Gasteiger partial charge in [-0.15, -0.1) is 0 Å². The van der Waals surface area contributed by atoms with Gasteiger partial charge in [0.15, 0.2) is 11.5 Å². The maximum atomic E-state index is 12.1. The average molecular weight is 326 g/mol. The molecule has 0 fully saturated rings. The Bertz CT molecular complexity index is 684. The number of carbonyl (C=O) groups excluding carboxylic acids is 1. The number of aromatic hydroxyl groups is 1. The number of ether oxygens (including phenoxy) is 1. The van der Waals surface area contributed by atoms with Gasteiger partial charge in [-0.05, 0) is 25.1 Å². The molecule has 0 aliphatic carbocycles. The van der Waals surface area contributed by atoms with E-state index in [-0.39, 0.29) is 33.1 Å². The minimum absolute atomic E-state index is 0.0517. The molecule has 0 radical (unpaired) electrons. The first-order valence-corrected chi connectivity index (χ1v) is 6.82. The summed E-state index contributed by atoms with van der Waals surface area (Å²) in [7, 11) is 1.39. The number of methoxy groups -OCH3 is 1. The number of amides is 1. The third-order valence-corrected chi connectivity index (χ3v) is 3.55. The van der Waals surface area contributed by atoms with E-state index in [0.29, 0.717) is 5.56 Å². The average Bonchev–Trinajstić information content (AvgIpc) is 2.45. The van der Waals surface area contributed by atoms with Crippen molar-refractivity contribution in [2.45, 2.75) is 6.92 Å². The van der Waals surface area contributed by atoms with Gasteiger partial charge in [-0.1, -0.05) is 40.9 Å². The number of phenolic OH excluding ortho intramolecular Hbond substituents is 1. The van der Waals surface area contributed by atoms with E-state index in [1.54, 1.807) is 12.1 Å². The van der Waals surface area contributed by atoms with Crippen LogP contribution in [0.15, 0.2) is 30.3 Å². The lowest BCUT2D eigenvalue weighted by atomic mass is 10.1. The highest BCUT2D eigenvalue weighted by Gasteiger charge is 2.18. The van der Waals surface area contributed by atoms with Gasteiger partial charge < -0.3 is 15.2 Å². The lowest BCUT2D eigenvalue weighted by Crippen LogP contribution is -2.12. The molecule has 0 aromatic heterocycles. The number of nitrogens with one attached hydrogen (secondary N) is 1. The Morgan fingerprint density at radius 3 is 2.43 bits per heavy atom. The minimum Gasteiger partial charge on any atom is -0.504 e. The Balaban J connectivity index is 2.31. The molecule has 6 heteroatoms. The standard InChI is InChI=1S/C15H13Cl2NO3/c1-8-3-5-9(6-4-8)15(20)18-11-7-10(16)14(21-2)12(17)13(11)19/h3-7,19H,1-2H3,(H,18,20). The zero-order chi connectivity index (χ0) is 15.6. The third kappa shape index (κ3) is 3.23. The summed E-state index contributed by atoms with van der Waals surface area (Å²) in [6.07, 6.45) is 0. The fourth-order valence-corrected chi connectivity index (χ4v) is 2.38. The van der Waals surface area contributed by atoms with Gasteiger partial charge in [-0.3, -0.25) is 4.79 Å². The van der Waals surface area contributed by atoms with Crippen LogP contribution in [0.2, 0.25) is 10.0 Å². The number of rotatable bonds is 3. The smallest absolute Gasteiger partial charge is 0.255 e. The van der Waals surface area contributed by atoms with Crippen molar-refractivity contribution in [2.75, 3.05) is 12.4 Å². The van der Waals surface area contributed by atoms with Crippen LogP contribution in [0, 0.1) is 6.92 Å². The molecule has 0 bridgehead atoms. The molecule has 0 unspecified atom stereocenters. The molecule has 0 aliphatic heterocycles. The van der Waals surface area contributed by atoms with Crippen LogP contribution < -0.4 is 10.1 Å². The molecule has 21 heavy (non-hydrogen) atoms. The molecule has 2 rings (SSSR count). The van der Waals surface area contributed by atoms with Gasteiger partial charge in [0.1, 0.15) is 5.02 Å². The molecule has 0 saturated heterocycles. The van der Waals surface area contributed by atoms with Crippen molar-refractivity contribution in [3.63, 3.8) is 0 Å². The van der Waals surface area contributed by atoms with Gasteiger partial charge in [-0.25, -0.2) is 0 Å². The van der Waals surface area contributed by atoms with Crippen LogP contribution in [-0.4, -0.2) is 18.1 Å². The summed E-state index contributed by atoms with van der Waals surface area (Å²) in [4.78, 5) is 12.1. The molecular formula is C15H13Cl2NO3. The maximum Gasteiger partial charge on any atom is 0.255 e. The van der Waals surface area contributed by atoms with Crippen LogP contribution in [0.25, 0.3) is 0 Å². The van der Waals surface area contributed by atoms with E-state index in [0.717, 1.165) is 5.56 Å². The molecule has 110 valence electrons. The van der Waals surface area contributed by atoms with Gasteiger partial charge in [0.05, 0.1) is 17.8 Å². The quantitative estimate of drug-likeness (QED) is 0.828. The highest BCUT2D eigenvalue weighted by atomic mass is 35.5. The number of hydrogen-bond acceptors (Lipinski definition) is 3. The predicted octanol–water partition coefficient (Wildman–Crippen LogP) is 4.27. The van der Waals surface area contributed by atoms with Crippen molar-refractivity contribution in [1.82, 2.24) is 0 Å². The first-order chi connectivity index (χ1) is 9.93. The van der Waals surface area contributed by atoms with Crippen molar-refractivity contribution in [3.05, 3.63) is 51.5 Å². The van der Waals surface area contributed by atoms with Gasteiger partial charge in [0, 0.05) is 5.56 Å². The van der Waals surface area contributed by atoms with Crippen LogP contribution in [0.5, 0.6) is 11.5 Å². The summed E-state index contributed by atoms with van der Waals surface area (Å²) in [6, 6.07) is 8.40. The van der Waals surface area contributed by atoms with Crippen LogP contribution in [0.1, 0.15) is 15.9 Å². The molecule has 0 saturated carbocycles. The Labute approximate surface area is 132 Å². The summed E-state index contributed by atoms with van der Waals surface area (Å²) in [5.41, 5.74) is 1.63. The van der Waals surface area contributed by atoms with Crippen LogP contribution in [-0.2, 0) is 0 Å². The molecule has 4 nitrogen and oxygen atoms in total. The number of anilines is 1. The molecule has 2 N–H and O–H groups in total. The van der Waals surface area contributed by atoms with E-state index >= 15 is 0 Å². The zero-order valence-corrected chi connectivity index (χ0v) is 12.9. The summed E-state index contributed by atoms with van der Waals surface area (Å²) < 4.78 is 4.98. The van der Waals surface area contributed by atoms with E-state index in [1.165, 1.54) is 13.2 Å². The van der Waals surface area contributed by atoms with Gasteiger partial charge >= 0.3 is 0 Å². The minimum atomic E-state index is -0.373. The zero-order valence-electron chi connectivity index (χ0n) is 11.4. The summed E-state index contributed by atoms with van der Waals surface area (Å²) >= 11 is 11.9. The van der Waals surface area contributed by atoms with Crippen molar-refractivity contribution in [2.24, 2.45) is 0 Å². The Hall–Kier alpha value is -1.91. The van der Waals surface area contributed by atoms with Crippen molar-refractivity contribution < 1.29 is 14.6 Å². The molecule has 0 spiro atoms. The van der Waals surface area contributed by atoms with E-state index in [1.807, 2.05) is 19.1 Å². The maximum absolute atomic E-state index is 12.1. The van der Waals surface area contributed by atoms with Crippen molar-refractivity contribution >= 4 is 34.8 Å². The molecule has 0 aliphatic rings. The Kier molecular flexibility index (Phi) is 4.60. The molecule has 0 heterocycles. The monoisotopic (exact) mass is 325 g/mol. The van der Waals surface area contributed by atoms with Crippen molar-refractivity contribution in [1.29, 1.82) is 0 Å². The third-order valence-electron chi connectivity index (χ3n) is 2.92. The second kappa shape index (κ2) is 6.24. The van der Waals surface area contributed by atoms with E-state index in [9.17, 15) is 9.90 Å². The number of hydrogen-bond donors (Lipinski definition) is 2. The predicted molar refractivity (Wildman–Crippen MR) is 83.8 cm³/mol. The van der Waals surface area contributed by atoms with Gasteiger partial charge in [-0.2, -0.15) is 0 Å². The lowest BCUT2D eigenvalue weighted by Gasteiger charge is -2.13. The second-order valence-corrected chi connectivity index (χ2v) is 5.21. The number of aryl methyl sites for hydroxylation is 1.